The van der Waals surface area contributed by atoms with Crippen LogP contribution in [-0.2, 0) is 6.42 Å². The first-order chi connectivity index (χ1) is 4.74. The number of hydrogen-bond donors (Lipinski definition) is 0. The van der Waals surface area contributed by atoms with Crippen molar-refractivity contribution in [3.63, 3.8) is 0 Å². The molecule has 0 saturated heterocycles. The zero-order chi connectivity index (χ0) is 7.56. The second-order valence-corrected chi connectivity index (χ2v) is 3.20. The number of thiazole rings is 1. The molecule has 0 saturated carbocycles. The zero-order valence-corrected chi connectivity index (χ0v) is 7.16. The van der Waals surface area contributed by atoms with Gasteiger partial charge >= 0.3 is 0 Å². The van der Waals surface area contributed by atoms with Crippen molar-refractivity contribution in [2.24, 2.45) is 0 Å². The molecule has 1 nitrogen and oxygen atoms in total. The monoisotopic (exact) mass is 153 g/mol. The third-order valence-corrected chi connectivity index (χ3v) is 2.28. The van der Waals surface area contributed by atoms with Gasteiger partial charge in [-0.2, -0.15) is 0 Å². The maximum Gasteiger partial charge on any atom is 0.0929 e. The van der Waals surface area contributed by atoms with Gasteiger partial charge in [-0.1, -0.05) is 13.5 Å². The van der Waals surface area contributed by atoms with Crippen molar-refractivity contribution in [1.82, 2.24) is 4.98 Å². The first-order valence-electron chi connectivity index (χ1n) is 3.34. The van der Waals surface area contributed by atoms with Crippen LogP contribution >= 0.6 is 11.3 Å². The topological polar surface area (TPSA) is 12.9 Å². The Kier molecular flexibility index (Phi) is 2.22. The van der Waals surface area contributed by atoms with Crippen LogP contribution in [0.4, 0.5) is 0 Å². The zero-order valence-electron chi connectivity index (χ0n) is 6.35. The van der Waals surface area contributed by atoms with Crippen LogP contribution in [0, 0.1) is 0 Å². The molecular formula is C8H11NS. The van der Waals surface area contributed by atoms with E-state index in [1.807, 2.05) is 6.92 Å². The number of aromatic nitrogens is 1. The van der Waals surface area contributed by atoms with Crippen molar-refractivity contribution in [3.8, 4) is 0 Å². The highest BCUT2D eigenvalue weighted by atomic mass is 32.1. The van der Waals surface area contributed by atoms with Crippen molar-refractivity contribution in [1.29, 1.82) is 0 Å². The van der Waals surface area contributed by atoms with Crippen LogP contribution in [0.1, 0.15) is 24.5 Å². The summed E-state index contributed by atoms with van der Waals surface area (Å²) in [5, 5.41) is 3.25. The van der Waals surface area contributed by atoms with Crippen LogP contribution in [-0.4, -0.2) is 4.98 Å². The van der Waals surface area contributed by atoms with E-state index in [1.165, 1.54) is 5.01 Å². The predicted octanol–water partition coefficient (Wildman–Crippen LogP) is 2.74. The lowest BCUT2D eigenvalue weighted by molar-refractivity contribution is 1.08. The summed E-state index contributed by atoms with van der Waals surface area (Å²) in [4.78, 5) is 4.35. The first-order valence-corrected chi connectivity index (χ1v) is 4.22. The average Bonchev–Trinajstić information content (AvgIpc) is 2.34. The van der Waals surface area contributed by atoms with E-state index in [9.17, 15) is 0 Å². The average molecular weight is 153 g/mol. The molecule has 0 spiro atoms. The van der Waals surface area contributed by atoms with Gasteiger partial charge in [0.25, 0.3) is 0 Å². The van der Waals surface area contributed by atoms with Crippen molar-refractivity contribution in [3.05, 3.63) is 22.7 Å². The van der Waals surface area contributed by atoms with Crippen LogP contribution in [0.5, 0.6) is 0 Å². The normalized spacial score (nSPS) is 9.80. The molecule has 0 unspecified atom stereocenters. The number of allylic oxidation sites excluding steroid dienone is 1. The molecule has 0 atom stereocenters. The Balaban J connectivity index is 2.88. The van der Waals surface area contributed by atoms with Gasteiger partial charge in [0.05, 0.1) is 10.7 Å². The largest absolute Gasteiger partial charge is 0.242 e. The van der Waals surface area contributed by atoms with E-state index in [0.717, 1.165) is 17.7 Å². The quantitative estimate of drug-likeness (QED) is 0.636. The SMILES string of the molecule is C=C(C)c1csc(CC)n1. The first kappa shape index (κ1) is 7.48. The Bertz CT molecular complexity index is 237. The molecule has 0 radical (unpaired) electrons. The molecule has 0 N–H and O–H groups in total. The molecule has 0 amide bonds. The highest BCUT2D eigenvalue weighted by Crippen LogP contribution is 2.15. The highest BCUT2D eigenvalue weighted by molar-refractivity contribution is 7.09. The highest BCUT2D eigenvalue weighted by Gasteiger charge is 1.98. The van der Waals surface area contributed by atoms with Gasteiger partial charge in [-0.05, 0) is 18.9 Å². The molecule has 0 bridgehead atoms. The maximum atomic E-state index is 4.35. The Labute approximate surface area is 65.4 Å². The minimum atomic E-state index is 1.03. The van der Waals surface area contributed by atoms with Crippen LogP contribution in [0.15, 0.2) is 12.0 Å². The summed E-state index contributed by atoms with van der Waals surface area (Å²) >= 11 is 1.71. The summed E-state index contributed by atoms with van der Waals surface area (Å²) in [5.74, 6) is 0. The van der Waals surface area contributed by atoms with E-state index >= 15 is 0 Å². The second-order valence-electron chi connectivity index (χ2n) is 2.26. The lowest BCUT2D eigenvalue weighted by Crippen LogP contribution is -1.79. The standard InChI is InChI=1S/C8H11NS/c1-4-8-9-7(5-10-8)6(2)3/h5H,2,4H2,1,3H3. The molecule has 2 heteroatoms. The molecule has 54 valence electrons. The second kappa shape index (κ2) is 2.97. The molecule has 0 fully saturated rings. The van der Waals surface area contributed by atoms with E-state index in [-0.39, 0.29) is 0 Å². The summed E-state index contributed by atoms with van der Waals surface area (Å²) in [6.45, 7) is 7.91. The summed E-state index contributed by atoms with van der Waals surface area (Å²) in [6.07, 6.45) is 1.03. The summed E-state index contributed by atoms with van der Waals surface area (Å²) in [6, 6.07) is 0. The molecule has 1 rings (SSSR count). The Morgan fingerprint density at radius 2 is 2.50 bits per heavy atom. The fourth-order valence-electron chi connectivity index (χ4n) is 0.669. The van der Waals surface area contributed by atoms with E-state index < -0.39 is 0 Å². The molecule has 0 aliphatic carbocycles. The van der Waals surface area contributed by atoms with Gasteiger partial charge in [0.1, 0.15) is 0 Å². The number of rotatable bonds is 2. The van der Waals surface area contributed by atoms with E-state index in [1.54, 1.807) is 11.3 Å². The molecule has 10 heavy (non-hydrogen) atoms. The molecule has 0 aliphatic heterocycles. The van der Waals surface area contributed by atoms with Gasteiger partial charge in [-0.25, -0.2) is 4.98 Å². The van der Waals surface area contributed by atoms with E-state index in [4.69, 9.17) is 0 Å². The Hall–Kier alpha value is -0.630. The van der Waals surface area contributed by atoms with Gasteiger partial charge < -0.3 is 0 Å². The smallest absolute Gasteiger partial charge is 0.0929 e. The predicted molar refractivity (Wildman–Crippen MR) is 46.2 cm³/mol. The summed E-state index contributed by atoms with van der Waals surface area (Å²) in [7, 11) is 0. The maximum absolute atomic E-state index is 4.35. The third kappa shape index (κ3) is 1.45. The third-order valence-electron chi connectivity index (χ3n) is 1.29. The van der Waals surface area contributed by atoms with Crippen molar-refractivity contribution >= 4 is 16.9 Å². The lowest BCUT2D eigenvalue weighted by atomic mass is 10.3. The molecule has 1 aromatic heterocycles. The van der Waals surface area contributed by atoms with Crippen LogP contribution in [0.3, 0.4) is 0 Å². The number of aryl methyl sites for hydroxylation is 1. The van der Waals surface area contributed by atoms with Crippen molar-refractivity contribution in [2.75, 3.05) is 0 Å². The molecule has 1 aromatic rings. The minimum absolute atomic E-state index is 1.03. The van der Waals surface area contributed by atoms with Crippen LogP contribution < -0.4 is 0 Å². The number of hydrogen-bond acceptors (Lipinski definition) is 2. The fraction of sp³-hybridized carbons (Fsp3) is 0.375. The summed E-state index contributed by atoms with van der Waals surface area (Å²) < 4.78 is 0. The van der Waals surface area contributed by atoms with Crippen molar-refractivity contribution < 1.29 is 0 Å². The molecule has 1 heterocycles. The Morgan fingerprint density at radius 3 is 2.80 bits per heavy atom. The summed E-state index contributed by atoms with van der Waals surface area (Å²) in [5.41, 5.74) is 2.10. The van der Waals surface area contributed by atoms with E-state index in [2.05, 4.69) is 23.9 Å². The van der Waals surface area contributed by atoms with Gasteiger partial charge in [0.2, 0.25) is 0 Å². The van der Waals surface area contributed by atoms with Crippen molar-refractivity contribution in [2.45, 2.75) is 20.3 Å². The number of nitrogens with zero attached hydrogens (tertiary/aromatic N) is 1. The Morgan fingerprint density at radius 1 is 1.80 bits per heavy atom. The van der Waals surface area contributed by atoms with Gasteiger partial charge in [-0.3, -0.25) is 0 Å². The van der Waals surface area contributed by atoms with E-state index in [0.29, 0.717) is 0 Å². The molecule has 0 aliphatic rings. The molecule has 0 aromatic carbocycles. The van der Waals surface area contributed by atoms with Crippen LogP contribution in [0.2, 0.25) is 0 Å². The van der Waals surface area contributed by atoms with Gasteiger partial charge in [0, 0.05) is 5.38 Å². The fourth-order valence-corrected chi connectivity index (χ4v) is 1.49. The minimum Gasteiger partial charge on any atom is -0.242 e. The van der Waals surface area contributed by atoms with Crippen LogP contribution in [0.25, 0.3) is 5.57 Å². The lowest BCUT2D eigenvalue weighted by Gasteiger charge is -1.88. The molecular weight excluding hydrogens is 142 g/mol. The van der Waals surface area contributed by atoms with Gasteiger partial charge in [0.15, 0.2) is 0 Å². The van der Waals surface area contributed by atoms with Gasteiger partial charge in [-0.15, -0.1) is 11.3 Å².